The Labute approximate surface area is 75.0 Å². The second-order valence-electron chi connectivity index (χ2n) is 3.02. The van der Waals surface area contributed by atoms with E-state index in [9.17, 15) is 4.39 Å². The molecule has 0 saturated carbocycles. The maximum Gasteiger partial charge on any atom is 0.151 e. The third-order valence-electron chi connectivity index (χ3n) is 2.18. The van der Waals surface area contributed by atoms with E-state index in [4.69, 9.17) is 0 Å². The maximum absolute atomic E-state index is 13.6. The molecule has 4 heteroatoms. The highest BCUT2D eigenvalue weighted by Crippen LogP contribution is 2.28. The van der Waals surface area contributed by atoms with Gasteiger partial charge in [0.05, 0.1) is 4.88 Å². The minimum Gasteiger partial charge on any atom is -0.311 e. The fourth-order valence-electron chi connectivity index (χ4n) is 1.53. The predicted molar refractivity (Wildman–Crippen MR) is 47.0 cm³/mol. The summed E-state index contributed by atoms with van der Waals surface area (Å²) in [5.74, 6) is 0. The highest BCUT2D eigenvalue weighted by molar-refractivity contribution is 7.05. The van der Waals surface area contributed by atoms with Crippen LogP contribution in [0.15, 0.2) is 12.3 Å². The lowest BCUT2D eigenvalue weighted by Crippen LogP contribution is -2.25. The normalized spacial score (nSPS) is 25.9. The van der Waals surface area contributed by atoms with Crippen molar-refractivity contribution in [2.24, 2.45) is 0 Å². The summed E-state index contributed by atoms with van der Waals surface area (Å²) in [5.41, 5.74) is 0. The van der Waals surface area contributed by atoms with Crippen LogP contribution in [0.25, 0.3) is 0 Å². The molecule has 1 aliphatic rings. The lowest BCUT2D eigenvalue weighted by molar-refractivity contribution is 0.276. The summed E-state index contributed by atoms with van der Waals surface area (Å²) in [7, 11) is 0. The van der Waals surface area contributed by atoms with E-state index < -0.39 is 6.17 Å². The van der Waals surface area contributed by atoms with Gasteiger partial charge in [0.15, 0.2) is 6.17 Å². The van der Waals surface area contributed by atoms with Crippen LogP contribution < -0.4 is 5.32 Å². The van der Waals surface area contributed by atoms with Gasteiger partial charge in [-0.3, -0.25) is 0 Å². The van der Waals surface area contributed by atoms with E-state index >= 15 is 0 Å². The van der Waals surface area contributed by atoms with Gasteiger partial charge < -0.3 is 5.32 Å². The zero-order valence-electron chi connectivity index (χ0n) is 6.66. The van der Waals surface area contributed by atoms with Gasteiger partial charge in [0.25, 0.3) is 0 Å². The summed E-state index contributed by atoms with van der Waals surface area (Å²) in [5, 5.41) is 3.15. The van der Waals surface area contributed by atoms with Crippen LogP contribution in [0, 0.1) is 0 Å². The van der Waals surface area contributed by atoms with Gasteiger partial charge in [0.1, 0.15) is 0 Å². The molecule has 0 aromatic carbocycles. The van der Waals surface area contributed by atoms with Crippen molar-refractivity contribution in [2.45, 2.75) is 25.1 Å². The first-order valence-electron chi connectivity index (χ1n) is 4.16. The Morgan fingerprint density at radius 3 is 3.25 bits per heavy atom. The molecule has 0 amide bonds. The van der Waals surface area contributed by atoms with Crippen molar-refractivity contribution in [2.75, 3.05) is 6.54 Å². The zero-order valence-corrected chi connectivity index (χ0v) is 7.48. The van der Waals surface area contributed by atoms with Gasteiger partial charge in [-0.15, -0.1) is 0 Å². The zero-order chi connectivity index (χ0) is 8.39. The number of nitrogens with zero attached hydrogens (tertiary/aromatic N) is 1. The van der Waals surface area contributed by atoms with Crippen LogP contribution in [0.4, 0.5) is 4.39 Å². The largest absolute Gasteiger partial charge is 0.311 e. The number of nitrogens with one attached hydrogen (secondary N) is 1. The average molecular weight is 186 g/mol. The lowest BCUT2D eigenvalue weighted by Gasteiger charge is -2.13. The standard InChI is InChI=1S/C8H11FN2S/c9-8(6-2-1-4-10-6)7-3-5-11-12-7/h3,5-6,8,10H,1-2,4H2. The Morgan fingerprint density at radius 2 is 2.67 bits per heavy atom. The number of alkyl halides is 1. The van der Waals surface area contributed by atoms with Gasteiger partial charge in [-0.2, -0.15) is 0 Å². The molecule has 1 aliphatic heterocycles. The van der Waals surface area contributed by atoms with Crippen molar-refractivity contribution >= 4 is 11.5 Å². The minimum atomic E-state index is -0.861. The molecule has 2 atom stereocenters. The maximum atomic E-state index is 13.6. The van der Waals surface area contributed by atoms with Crippen LogP contribution in [0.1, 0.15) is 23.9 Å². The molecule has 2 nitrogen and oxygen atoms in total. The SMILES string of the molecule is FC(c1ccns1)C1CCCN1. The molecule has 0 spiro atoms. The van der Waals surface area contributed by atoms with Gasteiger partial charge in [0, 0.05) is 12.2 Å². The Bertz CT molecular complexity index is 231. The molecule has 0 bridgehead atoms. The molecule has 1 N–H and O–H groups in total. The molecule has 1 aromatic heterocycles. The molecule has 2 rings (SSSR count). The molecule has 66 valence electrons. The topological polar surface area (TPSA) is 24.9 Å². The molecule has 1 aromatic rings. The molecule has 2 heterocycles. The van der Waals surface area contributed by atoms with E-state index in [2.05, 4.69) is 9.69 Å². The van der Waals surface area contributed by atoms with Crippen LogP contribution in [0.3, 0.4) is 0 Å². The summed E-state index contributed by atoms with van der Waals surface area (Å²) in [6.45, 7) is 0.948. The van der Waals surface area contributed by atoms with Crippen molar-refractivity contribution in [1.29, 1.82) is 0 Å². The van der Waals surface area contributed by atoms with E-state index in [-0.39, 0.29) is 6.04 Å². The minimum absolute atomic E-state index is 0.0189. The molecule has 0 radical (unpaired) electrons. The number of hydrogen-bond donors (Lipinski definition) is 1. The van der Waals surface area contributed by atoms with Crippen molar-refractivity contribution in [3.8, 4) is 0 Å². The van der Waals surface area contributed by atoms with E-state index in [0.717, 1.165) is 24.3 Å². The van der Waals surface area contributed by atoms with E-state index in [1.807, 2.05) is 0 Å². The molecule has 0 aliphatic carbocycles. The third-order valence-corrected chi connectivity index (χ3v) is 2.98. The number of halogens is 1. The van der Waals surface area contributed by atoms with Crippen molar-refractivity contribution in [1.82, 2.24) is 9.69 Å². The Morgan fingerprint density at radius 1 is 1.75 bits per heavy atom. The van der Waals surface area contributed by atoms with E-state index in [0.29, 0.717) is 0 Å². The first-order valence-corrected chi connectivity index (χ1v) is 4.93. The molecule has 1 fully saturated rings. The molecular weight excluding hydrogens is 175 g/mol. The quantitative estimate of drug-likeness (QED) is 0.763. The van der Waals surface area contributed by atoms with E-state index in [1.165, 1.54) is 11.5 Å². The first-order chi connectivity index (χ1) is 5.88. The smallest absolute Gasteiger partial charge is 0.151 e. The van der Waals surface area contributed by atoms with Crippen LogP contribution in [0.5, 0.6) is 0 Å². The first kappa shape index (κ1) is 8.13. The summed E-state index contributed by atoms with van der Waals surface area (Å²) < 4.78 is 17.5. The van der Waals surface area contributed by atoms with Crippen molar-refractivity contribution < 1.29 is 4.39 Å². The second-order valence-corrected chi connectivity index (χ2v) is 3.88. The van der Waals surface area contributed by atoms with Crippen molar-refractivity contribution in [3.05, 3.63) is 17.1 Å². The summed E-state index contributed by atoms with van der Waals surface area (Å²) >= 11 is 1.25. The van der Waals surface area contributed by atoms with Gasteiger partial charge in [0.2, 0.25) is 0 Å². The highest BCUT2D eigenvalue weighted by atomic mass is 32.1. The Balaban J connectivity index is 2.04. The second kappa shape index (κ2) is 3.49. The van der Waals surface area contributed by atoms with Crippen LogP contribution in [-0.4, -0.2) is 17.0 Å². The third kappa shape index (κ3) is 1.49. The van der Waals surface area contributed by atoms with Gasteiger partial charge in [-0.05, 0) is 37.0 Å². The van der Waals surface area contributed by atoms with Gasteiger partial charge in [-0.1, -0.05) is 0 Å². The lowest BCUT2D eigenvalue weighted by atomic mass is 10.1. The Hall–Kier alpha value is -0.480. The van der Waals surface area contributed by atoms with Crippen molar-refractivity contribution in [3.63, 3.8) is 0 Å². The number of rotatable bonds is 2. The molecular formula is C8H11FN2S. The van der Waals surface area contributed by atoms with Crippen LogP contribution >= 0.6 is 11.5 Å². The van der Waals surface area contributed by atoms with Gasteiger partial charge in [-0.25, -0.2) is 8.76 Å². The highest BCUT2D eigenvalue weighted by Gasteiger charge is 2.26. The summed E-state index contributed by atoms with van der Waals surface area (Å²) in [6, 6.07) is 1.78. The van der Waals surface area contributed by atoms with E-state index in [1.54, 1.807) is 12.3 Å². The van der Waals surface area contributed by atoms with Crippen LogP contribution in [-0.2, 0) is 0 Å². The summed E-state index contributed by atoms with van der Waals surface area (Å²) in [4.78, 5) is 0.745. The van der Waals surface area contributed by atoms with Crippen LogP contribution in [0.2, 0.25) is 0 Å². The fourth-order valence-corrected chi connectivity index (χ4v) is 2.16. The van der Waals surface area contributed by atoms with Gasteiger partial charge >= 0.3 is 0 Å². The molecule has 12 heavy (non-hydrogen) atoms. The number of aromatic nitrogens is 1. The average Bonchev–Trinajstić information content (AvgIpc) is 2.77. The monoisotopic (exact) mass is 186 g/mol. The predicted octanol–water partition coefficient (Wildman–Crippen LogP) is 1.91. The fraction of sp³-hybridized carbons (Fsp3) is 0.625. The summed E-state index contributed by atoms with van der Waals surface area (Å²) in [6.07, 6.45) is 2.82. The Kier molecular flexibility index (Phi) is 2.37. The molecule has 1 saturated heterocycles. The molecule has 2 unspecified atom stereocenters. The number of hydrogen-bond acceptors (Lipinski definition) is 3.